The molecule has 21 heavy (non-hydrogen) atoms. The largest absolute Gasteiger partial charge is 0.545 e. The van der Waals surface area contributed by atoms with Crippen LogP contribution in [0.5, 0.6) is 0 Å². The smallest absolute Gasteiger partial charge is 0.281 e. The van der Waals surface area contributed by atoms with Crippen LogP contribution in [0.15, 0.2) is 47.3 Å². The van der Waals surface area contributed by atoms with Crippen LogP contribution in [0.4, 0.5) is 0 Å². The van der Waals surface area contributed by atoms with Gasteiger partial charge in [-0.05, 0) is 23.3 Å². The van der Waals surface area contributed by atoms with Crippen molar-refractivity contribution in [2.24, 2.45) is 0 Å². The molecule has 2 heterocycles. The minimum absolute atomic E-state index is 0.0544. The molecular weight excluding hydrogens is 268 g/mol. The van der Waals surface area contributed by atoms with Crippen LogP contribution in [-0.2, 0) is 6.54 Å². The molecule has 1 aromatic heterocycles. The number of rotatable bonds is 1. The Morgan fingerprint density at radius 2 is 2.00 bits per heavy atom. The Labute approximate surface area is 119 Å². The Morgan fingerprint density at radius 1 is 1.19 bits per heavy atom. The van der Waals surface area contributed by atoms with E-state index in [1.165, 1.54) is 18.2 Å². The summed E-state index contributed by atoms with van der Waals surface area (Å²) in [4.78, 5) is 27.3. The molecule has 0 saturated heterocycles. The third-order valence-corrected chi connectivity index (χ3v) is 3.80. The summed E-state index contributed by atoms with van der Waals surface area (Å²) in [6.07, 6.45) is 0. The Morgan fingerprint density at radius 3 is 2.81 bits per heavy atom. The number of fused-ring (bicyclic) bond motifs is 5. The summed E-state index contributed by atoms with van der Waals surface area (Å²) in [5.41, 5.74) is 2.26. The highest BCUT2D eigenvalue weighted by atomic mass is 16.4. The fraction of sp³-hybridized carbons (Fsp3) is 0.0625. The first-order chi connectivity index (χ1) is 10.1. The molecule has 0 saturated carbocycles. The summed E-state index contributed by atoms with van der Waals surface area (Å²) in [6, 6.07) is 12.0. The van der Waals surface area contributed by atoms with Crippen LogP contribution in [0.2, 0.25) is 0 Å². The topological polar surface area (TPSA) is 75.0 Å². The van der Waals surface area contributed by atoms with Crippen LogP contribution >= 0.6 is 0 Å². The number of aromatic carboxylic acids is 1. The van der Waals surface area contributed by atoms with E-state index in [-0.39, 0.29) is 11.1 Å². The summed E-state index contributed by atoms with van der Waals surface area (Å²) in [6.45, 7) is 0.575. The minimum Gasteiger partial charge on any atom is -0.545 e. The van der Waals surface area contributed by atoms with Gasteiger partial charge in [-0.1, -0.05) is 30.3 Å². The molecule has 0 bridgehead atoms. The minimum atomic E-state index is -1.26. The SMILES string of the molecule is O=C([O-])c1ccc2c(=O)nc3n(c2c1)Cc1ccccc1-3. The zero-order valence-electron chi connectivity index (χ0n) is 10.9. The second kappa shape index (κ2) is 4.02. The third kappa shape index (κ3) is 1.61. The van der Waals surface area contributed by atoms with E-state index in [9.17, 15) is 14.7 Å². The molecule has 1 aliphatic heterocycles. The summed E-state index contributed by atoms with van der Waals surface area (Å²) in [5.74, 6) is -0.676. The van der Waals surface area contributed by atoms with E-state index in [2.05, 4.69) is 4.98 Å². The number of carboxylic acid groups (broad SMARTS) is 1. The molecule has 0 amide bonds. The van der Waals surface area contributed by atoms with E-state index in [1.54, 1.807) is 0 Å². The normalized spacial score (nSPS) is 12.2. The van der Waals surface area contributed by atoms with Crippen LogP contribution in [0.1, 0.15) is 15.9 Å². The van der Waals surface area contributed by atoms with Gasteiger partial charge in [0, 0.05) is 5.56 Å². The van der Waals surface area contributed by atoms with E-state index >= 15 is 0 Å². The zero-order chi connectivity index (χ0) is 14.6. The molecule has 0 radical (unpaired) electrons. The molecule has 5 nitrogen and oxygen atoms in total. The summed E-state index contributed by atoms with van der Waals surface area (Å²) in [5, 5.41) is 11.4. The molecule has 2 aromatic carbocycles. The lowest BCUT2D eigenvalue weighted by atomic mass is 10.1. The maximum absolute atomic E-state index is 12.1. The number of hydrogen-bond acceptors (Lipinski definition) is 4. The van der Waals surface area contributed by atoms with Crippen molar-refractivity contribution in [3.63, 3.8) is 0 Å². The van der Waals surface area contributed by atoms with Gasteiger partial charge < -0.3 is 14.5 Å². The summed E-state index contributed by atoms with van der Waals surface area (Å²) in [7, 11) is 0. The van der Waals surface area contributed by atoms with Gasteiger partial charge in [0.1, 0.15) is 5.82 Å². The Bertz CT molecular complexity index is 973. The standard InChI is InChI=1S/C16H10N2O3/c19-15-12-6-5-9(16(20)21)7-13(12)18-8-10-3-1-2-4-11(10)14(18)17-15/h1-7H,8H2,(H,20,21)/p-1. The van der Waals surface area contributed by atoms with Crippen molar-refractivity contribution in [2.45, 2.75) is 6.54 Å². The van der Waals surface area contributed by atoms with Crippen LogP contribution in [0.25, 0.3) is 22.3 Å². The van der Waals surface area contributed by atoms with Gasteiger partial charge >= 0.3 is 0 Å². The van der Waals surface area contributed by atoms with Crippen molar-refractivity contribution in [1.82, 2.24) is 9.55 Å². The molecule has 102 valence electrons. The van der Waals surface area contributed by atoms with Crippen LogP contribution in [-0.4, -0.2) is 15.5 Å². The van der Waals surface area contributed by atoms with Crippen molar-refractivity contribution >= 4 is 16.9 Å². The number of aromatic nitrogens is 2. The predicted molar refractivity (Wildman–Crippen MR) is 74.9 cm³/mol. The monoisotopic (exact) mass is 277 g/mol. The van der Waals surface area contributed by atoms with Crippen molar-refractivity contribution in [2.75, 3.05) is 0 Å². The maximum Gasteiger partial charge on any atom is 0.281 e. The first-order valence-electron chi connectivity index (χ1n) is 6.49. The van der Waals surface area contributed by atoms with Crippen molar-refractivity contribution < 1.29 is 9.90 Å². The van der Waals surface area contributed by atoms with Gasteiger partial charge in [0.05, 0.1) is 23.4 Å². The molecule has 0 fully saturated rings. The van der Waals surface area contributed by atoms with Crippen LogP contribution in [0, 0.1) is 0 Å². The zero-order valence-corrected chi connectivity index (χ0v) is 10.9. The van der Waals surface area contributed by atoms with Crippen LogP contribution in [0.3, 0.4) is 0 Å². The molecule has 1 aliphatic rings. The van der Waals surface area contributed by atoms with E-state index in [1.807, 2.05) is 28.8 Å². The van der Waals surface area contributed by atoms with Crippen molar-refractivity contribution in [3.05, 3.63) is 63.9 Å². The number of carbonyl (C=O) groups is 1. The second-order valence-electron chi connectivity index (χ2n) is 5.00. The molecule has 0 N–H and O–H groups in total. The molecule has 5 heteroatoms. The van der Waals surface area contributed by atoms with Gasteiger partial charge in [0.25, 0.3) is 5.56 Å². The highest BCUT2D eigenvalue weighted by molar-refractivity contribution is 5.92. The highest BCUT2D eigenvalue weighted by Crippen LogP contribution is 2.31. The van der Waals surface area contributed by atoms with Crippen LogP contribution < -0.4 is 10.7 Å². The fourth-order valence-corrected chi connectivity index (χ4v) is 2.81. The van der Waals surface area contributed by atoms with Gasteiger partial charge in [-0.2, -0.15) is 4.98 Å². The molecular formula is C16H9N2O3-. The lowest BCUT2D eigenvalue weighted by Gasteiger charge is -2.10. The first kappa shape index (κ1) is 11.8. The number of nitrogens with zero attached hydrogens (tertiary/aromatic N) is 2. The Kier molecular flexibility index (Phi) is 2.27. The summed E-state index contributed by atoms with van der Waals surface area (Å²) < 4.78 is 1.87. The first-order valence-corrected chi connectivity index (χ1v) is 6.49. The van der Waals surface area contributed by atoms with Gasteiger partial charge in [-0.3, -0.25) is 4.79 Å². The lowest BCUT2D eigenvalue weighted by molar-refractivity contribution is -0.255. The third-order valence-electron chi connectivity index (χ3n) is 3.80. The second-order valence-corrected chi connectivity index (χ2v) is 5.00. The van der Waals surface area contributed by atoms with Gasteiger partial charge in [-0.15, -0.1) is 0 Å². The van der Waals surface area contributed by atoms with E-state index in [0.29, 0.717) is 23.3 Å². The highest BCUT2D eigenvalue weighted by Gasteiger charge is 2.21. The average Bonchev–Trinajstić information content (AvgIpc) is 2.86. The molecule has 0 unspecified atom stereocenters. The summed E-state index contributed by atoms with van der Waals surface area (Å²) >= 11 is 0. The number of carboxylic acids is 1. The lowest BCUT2D eigenvalue weighted by Crippen LogP contribution is -2.23. The molecule has 0 aliphatic carbocycles. The number of hydrogen-bond donors (Lipinski definition) is 0. The van der Waals surface area contributed by atoms with E-state index in [0.717, 1.165) is 11.1 Å². The number of benzene rings is 2. The van der Waals surface area contributed by atoms with Crippen molar-refractivity contribution in [1.29, 1.82) is 0 Å². The Balaban J connectivity index is 2.11. The molecule has 4 rings (SSSR count). The molecule has 0 atom stereocenters. The van der Waals surface area contributed by atoms with Gasteiger partial charge in [0.2, 0.25) is 0 Å². The quantitative estimate of drug-likeness (QED) is 0.515. The maximum atomic E-state index is 12.1. The van der Waals surface area contributed by atoms with E-state index < -0.39 is 5.97 Å². The van der Waals surface area contributed by atoms with Crippen molar-refractivity contribution in [3.8, 4) is 11.4 Å². The predicted octanol–water partition coefficient (Wildman–Crippen LogP) is 0.789. The van der Waals surface area contributed by atoms with Gasteiger partial charge in [-0.25, -0.2) is 0 Å². The van der Waals surface area contributed by atoms with Gasteiger partial charge in [0.15, 0.2) is 0 Å². The Hall–Kier alpha value is -2.95. The average molecular weight is 277 g/mol. The number of carbonyl (C=O) groups excluding carboxylic acids is 1. The van der Waals surface area contributed by atoms with E-state index in [4.69, 9.17) is 0 Å². The molecule has 3 aromatic rings. The fourth-order valence-electron chi connectivity index (χ4n) is 2.81. The molecule has 0 spiro atoms.